The third-order valence-corrected chi connectivity index (χ3v) is 11.2. The molecule has 0 amide bonds. The molecule has 0 radical (unpaired) electrons. The number of rotatable bonds is 24. The van der Waals surface area contributed by atoms with E-state index in [4.69, 9.17) is 42.1 Å². The molecule has 2 aromatic heterocycles. The van der Waals surface area contributed by atoms with E-state index in [1.54, 1.807) is 30.7 Å². The van der Waals surface area contributed by atoms with Crippen LogP contribution in [0.25, 0.3) is 11.1 Å². The molecule has 0 aliphatic rings. The molecule has 0 spiro atoms. The van der Waals surface area contributed by atoms with Gasteiger partial charge in [-0.25, -0.2) is 0 Å². The van der Waals surface area contributed by atoms with Crippen LogP contribution in [-0.2, 0) is 39.5 Å². The van der Waals surface area contributed by atoms with E-state index in [2.05, 4.69) is 64.0 Å². The fourth-order valence-corrected chi connectivity index (χ4v) is 7.48. The summed E-state index contributed by atoms with van der Waals surface area (Å²) in [5.74, 6) is 2.19. The van der Waals surface area contributed by atoms with Gasteiger partial charge in [-0.2, -0.15) is 5.26 Å². The molecule has 12 nitrogen and oxygen atoms in total. The molecule has 14 heteroatoms. The number of aliphatic hydroxyl groups is 2. The van der Waals surface area contributed by atoms with Crippen molar-refractivity contribution < 1.29 is 29.2 Å². The first kappa shape index (κ1) is 47.6. The van der Waals surface area contributed by atoms with Gasteiger partial charge in [0.15, 0.2) is 0 Å². The smallest absolute Gasteiger partial charge is 0.142 e. The first-order valence-electron chi connectivity index (χ1n) is 21.1. The predicted octanol–water partition coefficient (Wildman–Crippen LogP) is 9.24. The van der Waals surface area contributed by atoms with Gasteiger partial charge in [-0.3, -0.25) is 9.97 Å². The SMILES string of the molecule is CNc1cncc(COc2cc(OCc3cccc(-c4cccc(COc5cc(OCc6cncc(C#N)c6)c(CNCCCO)cc5Cl)c4C)c3C)c(Cl)cc2CNCCCO)c1. The molecule has 334 valence electrons. The number of aliphatic hydroxyl groups excluding tert-OH is 2. The Kier molecular flexibility index (Phi) is 18.0. The minimum Gasteiger partial charge on any atom is -0.488 e. The summed E-state index contributed by atoms with van der Waals surface area (Å²) < 4.78 is 25.4. The lowest BCUT2D eigenvalue weighted by Gasteiger charge is -2.19. The van der Waals surface area contributed by atoms with E-state index in [0.717, 1.165) is 61.3 Å². The molecule has 0 saturated carbocycles. The third kappa shape index (κ3) is 13.1. The molecular formula is C50H54Cl2N6O6. The highest BCUT2D eigenvalue weighted by Gasteiger charge is 2.17. The first-order chi connectivity index (χ1) is 31.2. The Hall–Kier alpha value is -5.91. The molecule has 64 heavy (non-hydrogen) atoms. The van der Waals surface area contributed by atoms with Crippen molar-refractivity contribution in [3.8, 4) is 40.2 Å². The number of ether oxygens (including phenoxy) is 4. The van der Waals surface area contributed by atoms with Crippen molar-refractivity contribution in [1.82, 2.24) is 20.6 Å². The van der Waals surface area contributed by atoms with Gasteiger partial charge >= 0.3 is 0 Å². The second-order valence-electron chi connectivity index (χ2n) is 15.1. The fraction of sp³-hybridized carbons (Fsp3) is 0.300. The van der Waals surface area contributed by atoms with Crippen molar-refractivity contribution in [1.29, 1.82) is 5.26 Å². The second kappa shape index (κ2) is 24.2. The monoisotopic (exact) mass is 904 g/mol. The zero-order valence-electron chi connectivity index (χ0n) is 36.3. The van der Waals surface area contributed by atoms with Crippen LogP contribution in [0.15, 0.2) is 97.6 Å². The summed E-state index contributed by atoms with van der Waals surface area (Å²) in [5.41, 5.74) is 11.0. The van der Waals surface area contributed by atoms with E-state index in [-0.39, 0.29) is 33.0 Å². The Bertz CT molecular complexity index is 2530. The molecule has 0 fully saturated rings. The molecule has 0 unspecified atom stereocenters. The van der Waals surface area contributed by atoms with Crippen LogP contribution in [0.1, 0.15) is 62.9 Å². The van der Waals surface area contributed by atoms with Gasteiger partial charge in [-0.1, -0.05) is 59.6 Å². The van der Waals surface area contributed by atoms with Gasteiger partial charge < -0.3 is 45.1 Å². The predicted molar refractivity (Wildman–Crippen MR) is 251 cm³/mol. The highest BCUT2D eigenvalue weighted by atomic mass is 35.5. The zero-order valence-corrected chi connectivity index (χ0v) is 37.9. The molecule has 6 aromatic rings. The van der Waals surface area contributed by atoms with Crippen molar-refractivity contribution in [2.75, 3.05) is 38.7 Å². The van der Waals surface area contributed by atoms with Gasteiger partial charge in [0.05, 0.1) is 21.3 Å². The van der Waals surface area contributed by atoms with Crippen LogP contribution in [0.4, 0.5) is 5.69 Å². The number of anilines is 1. The molecule has 4 aromatic carbocycles. The van der Waals surface area contributed by atoms with Crippen molar-refractivity contribution in [3.63, 3.8) is 0 Å². The molecule has 5 N–H and O–H groups in total. The van der Waals surface area contributed by atoms with Gasteiger partial charge in [-0.05, 0) is 97.4 Å². The summed E-state index contributed by atoms with van der Waals surface area (Å²) in [5, 5.41) is 38.5. The molecule has 0 saturated heterocycles. The maximum absolute atomic E-state index is 9.33. The van der Waals surface area contributed by atoms with Crippen molar-refractivity contribution in [2.45, 2.75) is 66.2 Å². The van der Waals surface area contributed by atoms with Gasteiger partial charge in [-0.15, -0.1) is 0 Å². The lowest BCUT2D eigenvalue weighted by molar-refractivity contribution is 0.282. The van der Waals surface area contributed by atoms with Crippen molar-refractivity contribution in [2.24, 2.45) is 0 Å². The lowest BCUT2D eigenvalue weighted by Crippen LogP contribution is -2.16. The van der Waals surface area contributed by atoms with Gasteiger partial charge in [0.1, 0.15) is 55.5 Å². The number of benzene rings is 4. The minimum atomic E-state index is 0.0909. The number of nitrogens with one attached hydrogen (secondary N) is 3. The number of hydrogen-bond acceptors (Lipinski definition) is 12. The summed E-state index contributed by atoms with van der Waals surface area (Å²) in [4.78, 5) is 8.46. The van der Waals surface area contributed by atoms with E-state index < -0.39 is 0 Å². The standard InChI is InChI=1S/C50H54Cl2N6O6/c1-33-38(31-63-49-20-47(40(18-45(49)51)26-55-12-6-14-59)61-29-36-16-35(22-53)23-57-24-36)8-4-10-43(33)44-11-5-9-39(34(44)2)32-64-50-21-48(41(19-46(50)52)27-56-13-7-15-60)62-30-37-17-42(54-3)28-58-25-37/h4-5,8-11,16-21,23-25,28,54-56,59-60H,6-7,12-15,26-27,29-32H2,1-3H3. The van der Waals surface area contributed by atoms with Crippen molar-refractivity contribution >= 4 is 28.9 Å². The normalized spacial score (nSPS) is 11.0. The van der Waals surface area contributed by atoms with Gasteiger partial charge in [0, 0.05) is 92.5 Å². The Morgan fingerprint density at radius 2 is 1.08 bits per heavy atom. The third-order valence-electron chi connectivity index (χ3n) is 10.6. The highest BCUT2D eigenvalue weighted by Crippen LogP contribution is 2.37. The van der Waals surface area contributed by atoms with Crippen LogP contribution in [0.2, 0.25) is 10.0 Å². The average molecular weight is 906 g/mol. The molecule has 0 atom stereocenters. The maximum Gasteiger partial charge on any atom is 0.142 e. The molecule has 0 aliphatic heterocycles. The minimum absolute atomic E-state index is 0.0909. The zero-order chi connectivity index (χ0) is 45.3. The topological polar surface area (TPSA) is 163 Å². The summed E-state index contributed by atoms with van der Waals surface area (Å²) in [6.45, 7) is 7.67. The maximum atomic E-state index is 9.33. The second-order valence-corrected chi connectivity index (χ2v) is 16.0. The van der Waals surface area contributed by atoms with Gasteiger partial charge in [0.25, 0.3) is 0 Å². The van der Waals surface area contributed by atoms with E-state index in [0.29, 0.717) is 84.2 Å². The Morgan fingerprint density at radius 3 is 1.56 bits per heavy atom. The summed E-state index contributed by atoms with van der Waals surface area (Å²) in [7, 11) is 1.85. The molecular weight excluding hydrogens is 851 g/mol. The average Bonchev–Trinajstić information content (AvgIpc) is 3.31. The lowest BCUT2D eigenvalue weighted by atomic mass is 9.92. The number of nitrogens with zero attached hydrogens (tertiary/aromatic N) is 3. The molecule has 0 bridgehead atoms. The highest BCUT2D eigenvalue weighted by molar-refractivity contribution is 6.32. The number of pyridine rings is 2. The summed E-state index contributed by atoms with van der Waals surface area (Å²) in [6, 6.07) is 25.5. The summed E-state index contributed by atoms with van der Waals surface area (Å²) in [6.07, 6.45) is 7.96. The van der Waals surface area contributed by atoms with E-state index in [1.165, 1.54) is 6.20 Å². The van der Waals surface area contributed by atoms with E-state index in [9.17, 15) is 15.5 Å². The quantitative estimate of drug-likeness (QED) is 0.0367. The molecule has 2 heterocycles. The number of halogens is 2. The van der Waals surface area contributed by atoms with Crippen LogP contribution in [0.3, 0.4) is 0 Å². The van der Waals surface area contributed by atoms with Gasteiger partial charge in [0.2, 0.25) is 0 Å². The van der Waals surface area contributed by atoms with Crippen LogP contribution in [0.5, 0.6) is 23.0 Å². The Labute approximate surface area is 385 Å². The molecule has 6 rings (SSSR count). The van der Waals surface area contributed by atoms with Crippen LogP contribution in [0, 0.1) is 25.2 Å². The fourth-order valence-electron chi connectivity index (χ4n) is 7.00. The number of hydrogen-bond donors (Lipinski definition) is 5. The molecule has 0 aliphatic carbocycles. The Morgan fingerprint density at radius 1 is 0.594 bits per heavy atom. The number of nitriles is 1. The Balaban J connectivity index is 1.18. The van der Waals surface area contributed by atoms with Crippen LogP contribution in [-0.4, -0.2) is 53.5 Å². The largest absolute Gasteiger partial charge is 0.488 e. The van der Waals surface area contributed by atoms with Crippen LogP contribution >= 0.6 is 23.2 Å². The van der Waals surface area contributed by atoms with E-state index in [1.807, 2.05) is 49.5 Å². The van der Waals surface area contributed by atoms with Crippen LogP contribution < -0.4 is 34.9 Å². The first-order valence-corrected chi connectivity index (χ1v) is 21.9. The summed E-state index contributed by atoms with van der Waals surface area (Å²) >= 11 is 13.7. The van der Waals surface area contributed by atoms with Crippen molar-refractivity contribution in [3.05, 3.63) is 158 Å². The van der Waals surface area contributed by atoms with E-state index >= 15 is 0 Å². The number of aromatic nitrogens is 2.